The lowest BCUT2D eigenvalue weighted by Crippen LogP contribution is -2.37. The van der Waals surface area contributed by atoms with Gasteiger partial charge in [0.05, 0.1) is 28.6 Å². The van der Waals surface area contributed by atoms with Crippen LogP contribution in [-0.2, 0) is 4.79 Å². The van der Waals surface area contributed by atoms with E-state index >= 15 is 0 Å². The highest BCUT2D eigenvalue weighted by Crippen LogP contribution is 2.27. The van der Waals surface area contributed by atoms with E-state index in [0.717, 1.165) is 16.8 Å². The fourth-order valence-corrected chi connectivity index (χ4v) is 4.64. The average molecular weight is 484 g/mol. The Morgan fingerprint density at radius 2 is 1.80 bits per heavy atom. The number of pyridine rings is 1. The summed E-state index contributed by atoms with van der Waals surface area (Å²) in [5.74, 6) is 0.279. The quantitative estimate of drug-likeness (QED) is 0.276. The zero-order chi connectivity index (χ0) is 24.9. The van der Waals surface area contributed by atoms with Gasteiger partial charge in [0.15, 0.2) is 5.16 Å². The van der Waals surface area contributed by atoms with Gasteiger partial charge in [-0.3, -0.25) is 9.59 Å². The molecule has 0 spiro atoms. The van der Waals surface area contributed by atoms with Crippen LogP contribution in [0.2, 0.25) is 0 Å². The van der Waals surface area contributed by atoms with Crippen molar-refractivity contribution in [2.75, 3.05) is 11.4 Å². The lowest BCUT2D eigenvalue weighted by molar-refractivity contribution is -0.117. The fourth-order valence-electron chi connectivity index (χ4n) is 3.67. The minimum atomic E-state index is -0.570. The number of para-hydroxylation sites is 1. The van der Waals surface area contributed by atoms with Gasteiger partial charge >= 0.3 is 0 Å². The molecule has 2 aromatic carbocycles. The first-order valence-corrected chi connectivity index (χ1v) is 12.1. The summed E-state index contributed by atoms with van der Waals surface area (Å²) in [4.78, 5) is 37.8. The molecule has 1 amide bonds. The van der Waals surface area contributed by atoms with E-state index in [-0.39, 0.29) is 24.4 Å². The van der Waals surface area contributed by atoms with E-state index in [0.29, 0.717) is 21.9 Å². The van der Waals surface area contributed by atoms with Crippen LogP contribution in [0.4, 0.5) is 5.69 Å². The summed E-state index contributed by atoms with van der Waals surface area (Å²) < 4.78 is 1.46. The largest absolute Gasteiger partial charge is 0.310 e. The van der Waals surface area contributed by atoms with Crippen molar-refractivity contribution in [3.05, 3.63) is 88.3 Å². The fraction of sp³-hybridized carbons (Fsp3) is 0.222. The number of carbonyl (C=O) groups excluding carboxylic acids is 1. The molecular weight excluding hydrogens is 458 g/mol. The summed E-state index contributed by atoms with van der Waals surface area (Å²) in [7, 11) is 0. The summed E-state index contributed by atoms with van der Waals surface area (Å²) >= 11 is 1.20. The molecular formula is C27H25N5O2S. The molecule has 4 aromatic rings. The third-order valence-corrected chi connectivity index (χ3v) is 6.60. The van der Waals surface area contributed by atoms with Gasteiger partial charge in [-0.15, -0.1) is 0 Å². The van der Waals surface area contributed by atoms with Crippen LogP contribution in [0.15, 0.2) is 76.8 Å². The van der Waals surface area contributed by atoms with E-state index in [1.54, 1.807) is 42.3 Å². The zero-order valence-electron chi connectivity index (χ0n) is 19.8. The van der Waals surface area contributed by atoms with Gasteiger partial charge < -0.3 is 4.90 Å². The third kappa shape index (κ3) is 5.26. The van der Waals surface area contributed by atoms with Crippen molar-refractivity contribution >= 4 is 34.3 Å². The van der Waals surface area contributed by atoms with E-state index < -0.39 is 5.25 Å². The third-order valence-electron chi connectivity index (χ3n) is 5.56. The van der Waals surface area contributed by atoms with E-state index in [9.17, 15) is 9.59 Å². The van der Waals surface area contributed by atoms with Gasteiger partial charge in [0.25, 0.3) is 5.56 Å². The number of thioether (sulfide) groups is 1. The highest BCUT2D eigenvalue weighted by Gasteiger charge is 2.25. The van der Waals surface area contributed by atoms with Crippen LogP contribution >= 0.6 is 11.8 Å². The first kappa shape index (κ1) is 24.2. The highest BCUT2D eigenvalue weighted by atomic mass is 32.2. The molecule has 1 atom stereocenters. The van der Waals surface area contributed by atoms with Crippen LogP contribution in [-0.4, -0.2) is 32.2 Å². The molecule has 0 saturated carbocycles. The summed E-state index contributed by atoms with van der Waals surface area (Å²) in [5, 5.41) is 9.42. The normalized spacial score (nSPS) is 11.7. The number of nitrogens with zero attached hydrogens (tertiary/aromatic N) is 5. The molecule has 7 nitrogen and oxygen atoms in total. The summed E-state index contributed by atoms with van der Waals surface area (Å²) in [6.07, 6.45) is 1.91. The minimum absolute atomic E-state index is 0.167. The molecule has 4 rings (SSSR count). The van der Waals surface area contributed by atoms with Gasteiger partial charge in [0.1, 0.15) is 5.82 Å². The van der Waals surface area contributed by atoms with Gasteiger partial charge in [-0.25, -0.2) is 14.5 Å². The second-order valence-corrected chi connectivity index (χ2v) is 9.55. The molecule has 35 heavy (non-hydrogen) atoms. The van der Waals surface area contributed by atoms with Crippen LogP contribution in [0, 0.1) is 25.2 Å². The van der Waals surface area contributed by atoms with Crippen LogP contribution in [0.5, 0.6) is 0 Å². The molecule has 0 fully saturated rings. The Bertz CT molecular complexity index is 1460. The van der Waals surface area contributed by atoms with Gasteiger partial charge in [0.2, 0.25) is 5.91 Å². The number of aromatic nitrogens is 3. The molecule has 0 bridgehead atoms. The molecule has 0 radical (unpaired) electrons. The molecule has 0 aliphatic rings. The molecule has 2 aromatic heterocycles. The van der Waals surface area contributed by atoms with Gasteiger partial charge in [-0.05, 0) is 56.7 Å². The number of nitriles is 1. The molecule has 0 saturated heterocycles. The van der Waals surface area contributed by atoms with Crippen molar-refractivity contribution in [2.45, 2.75) is 37.6 Å². The van der Waals surface area contributed by atoms with E-state index in [2.05, 4.69) is 11.1 Å². The molecule has 2 heterocycles. The van der Waals surface area contributed by atoms with Gasteiger partial charge in [0, 0.05) is 18.4 Å². The van der Waals surface area contributed by atoms with Crippen LogP contribution in [0.25, 0.3) is 16.7 Å². The number of amides is 1. The monoisotopic (exact) mass is 483 g/mol. The van der Waals surface area contributed by atoms with Crippen LogP contribution < -0.4 is 10.5 Å². The summed E-state index contributed by atoms with van der Waals surface area (Å²) in [6, 6.07) is 20.5. The maximum Gasteiger partial charge on any atom is 0.267 e. The molecule has 0 N–H and O–H groups in total. The van der Waals surface area contributed by atoms with Gasteiger partial charge in [-0.1, -0.05) is 47.7 Å². The first-order valence-electron chi connectivity index (χ1n) is 11.3. The van der Waals surface area contributed by atoms with E-state index in [1.807, 2.05) is 50.2 Å². The predicted octanol–water partition coefficient (Wildman–Crippen LogP) is 4.83. The molecule has 1 unspecified atom stereocenters. The number of fused-ring (bicyclic) bond motifs is 1. The maximum atomic E-state index is 13.5. The molecule has 176 valence electrons. The Labute approximate surface area is 208 Å². The van der Waals surface area contributed by atoms with E-state index in [1.165, 1.54) is 16.3 Å². The lowest BCUT2D eigenvalue weighted by atomic mass is 10.2. The number of hydrogen-bond acceptors (Lipinski definition) is 6. The Morgan fingerprint density at radius 1 is 1.09 bits per heavy atom. The van der Waals surface area contributed by atoms with Crippen LogP contribution in [0.3, 0.4) is 0 Å². The zero-order valence-corrected chi connectivity index (χ0v) is 20.6. The van der Waals surface area contributed by atoms with Crippen molar-refractivity contribution in [3.63, 3.8) is 0 Å². The first-order chi connectivity index (χ1) is 16.9. The van der Waals surface area contributed by atoms with Crippen molar-refractivity contribution in [2.24, 2.45) is 0 Å². The highest BCUT2D eigenvalue weighted by molar-refractivity contribution is 8.00. The van der Waals surface area contributed by atoms with Crippen molar-refractivity contribution in [1.29, 1.82) is 5.26 Å². The minimum Gasteiger partial charge on any atom is -0.310 e. The number of carbonyl (C=O) groups is 1. The average Bonchev–Trinajstić information content (AvgIpc) is 2.86. The lowest BCUT2D eigenvalue weighted by Gasteiger charge is -2.25. The topological polar surface area (TPSA) is 91.9 Å². The molecule has 8 heteroatoms. The Kier molecular flexibility index (Phi) is 7.28. The number of aryl methyl sites for hydroxylation is 2. The summed E-state index contributed by atoms with van der Waals surface area (Å²) in [5.41, 5.74) is 3.10. The smallest absolute Gasteiger partial charge is 0.267 e. The number of benzene rings is 2. The van der Waals surface area contributed by atoms with Crippen molar-refractivity contribution < 1.29 is 4.79 Å². The number of hydrogen-bond donors (Lipinski definition) is 0. The number of anilines is 1. The Balaban J connectivity index is 1.74. The SMILES string of the molecule is Cc1ccc(N(CCC#N)C(=O)C(C)Sc2nc3ccccc3c(=O)n2-c2ccc(C)cn2)cc1. The van der Waals surface area contributed by atoms with Crippen molar-refractivity contribution in [1.82, 2.24) is 14.5 Å². The Hall–Kier alpha value is -3.96. The predicted molar refractivity (Wildman–Crippen MR) is 139 cm³/mol. The molecule has 0 aliphatic heterocycles. The second-order valence-electron chi connectivity index (χ2n) is 8.24. The Morgan fingerprint density at radius 3 is 2.49 bits per heavy atom. The van der Waals surface area contributed by atoms with Gasteiger partial charge in [-0.2, -0.15) is 5.26 Å². The van der Waals surface area contributed by atoms with Crippen LogP contribution in [0.1, 0.15) is 24.5 Å². The second kappa shape index (κ2) is 10.5. The van der Waals surface area contributed by atoms with E-state index in [4.69, 9.17) is 10.2 Å². The number of rotatable bonds is 7. The van der Waals surface area contributed by atoms with Crippen molar-refractivity contribution in [3.8, 4) is 11.9 Å². The summed E-state index contributed by atoms with van der Waals surface area (Å²) in [6.45, 7) is 5.97. The standard InChI is InChI=1S/C27H25N5O2S/c1-18-9-12-21(13-10-18)31(16-6-15-28)25(33)20(3)35-27-30-23-8-5-4-7-22(23)26(34)32(27)24-14-11-19(2)17-29-24/h4-5,7-14,17,20H,6,16H2,1-3H3. The maximum absolute atomic E-state index is 13.5. The molecule has 0 aliphatic carbocycles.